The van der Waals surface area contributed by atoms with Crippen molar-refractivity contribution < 1.29 is 9.59 Å². The van der Waals surface area contributed by atoms with Crippen LogP contribution >= 0.6 is 11.8 Å². The lowest BCUT2D eigenvalue weighted by Gasteiger charge is -2.26. The topological polar surface area (TPSA) is 40.6 Å². The smallest absolute Gasteiger partial charge is 0.246 e. The third kappa shape index (κ3) is 2.12. The van der Waals surface area contributed by atoms with Crippen LogP contribution < -0.4 is 0 Å². The zero-order valence-corrected chi connectivity index (χ0v) is 9.76. The summed E-state index contributed by atoms with van der Waals surface area (Å²) in [6, 6.07) is -0.179. The van der Waals surface area contributed by atoms with Crippen LogP contribution in [0.2, 0.25) is 0 Å². The van der Waals surface area contributed by atoms with Gasteiger partial charge in [-0.05, 0) is 12.8 Å². The second kappa shape index (κ2) is 4.43. The van der Waals surface area contributed by atoms with Crippen LogP contribution in [0.3, 0.4) is 0 Å². The molecular weight excluding hydrogens is 212 g/mol. The quantitative estimate of drug-likeness (QED) is 0.657. The molecule has 0 spiro atoms. The lowest BCUT2D eigenvalue weighted by molar-refractivity contribution is -0.141. The first-order valence-electron chi connectivity index (χ1n) is 5.34. The molecule has 0 aromatic carbocycles. The van der Waals surface area contributed by atoms with E-state index in [-0.39, 0.29) is 17.9 Å². The van der Waals surface area contributed by atoms with Gasteiger partial charge in [-0.2, -0.15) is 0 Å². The predicted molar refractivity (Wildman–Crippen MR) is 59.4 cm³/mol. The fraction of sp³-hybridized carbons (Fsp3) is 0.800. The van der Waals surface area contributed by atoms with E-state index in [1.54, 1.807) is 23.6 Å². The third-order valence-corrected chi connectivity index (χ3v) is 3.97. The van der Waals surface area contributed by atoms with Crippen molar-refractivity contribution in [3.63, 3.8) is 0 Å². The van der Waals surface area contributed by atoms with Crippen LogP contribution in [0, 0.1) is 0 Å². The Morgan fingerprint density at radius 1 is 1.33 bits per heavy atom. The van der Waals surface area contributed by atoms with Crippen LogP contribution in [0.25, 0.3) is 0 Å². The van der Waals surface area contributed by atoms with Gasteiger partial charge in [0.25, 0.3) is 0 Å². The fourth-order valence-corrected chi connectivity index (χ4v) is 3.15. The minimum atomic E-state index is -0.179. The van der Waals surface area contributed by atoms with Crippen molar-refractivity contribution in [3.05, 3.63) is 0 Å². The molecular formula is C10H16N2O2S. The van der Waals surface area contributed by atoms with Crippen LogP contribution in [0.15, 0.2) is 0 Å². The summed E-state index contributed by atoms with van der Waals surface area (Å²) in [5.41, 5.74) is 0. The van der Waals surface area contributed by atoms with Crippen molar-refractivity contribution in [3.8, 4) is 0 Å². The van der Waals surface area contributed by atoms with E-state index in [9.17, 15) is 9.59 Å². The molecule has 0 bridgehead atoms. The number of nitrogens with zero attached hydrogens (tertiary/aromatic N) is 2. The molecule has 0 radical (unpaired) electrons. The van der Waals surface area contributed by atoms with E-state index in [2.05, 4.69) is 0 Å². The monoisotopic (exact) mass is 228 g/mol. The molecule has 5 heteroatoms. The van der Waals surface area contributed by atoms with E-state index < -0.39 is 0 Å². The summed E-state index contributed by atoms with van der Waals surface area (Å²) in [6.07, 6.45) is 1.79. The normalized spacial score (nSPS) is 26.1. The van der Waals surface area contributed by atoms with Crippen molar-refractivity contribution in [2.75, 3.05) is 24.7 Å². The number of likely N-dealkylation sites (tertiary alicyclic amines) is 1. The maximum Gasteiger partial charge on any atom is 0.246 e. The molecule has 15 heavy (non-hydrogen) atoms. The number of carbonyl (C=O) groups excluding carboxylic acids is 2. The molecule has 1 unspecified atom stereocenters. The van der Waals surface area contributed by atoms with Crippen LogP contribution in [0.4, 0.5) is 0 Å². The van der Waals surface area contributed by atoms with Crippen molar-refractivity contribution in [1.29, 1.82) is 0 Å². The summed E-state index contributed by atoms with van der Waals surface area (Å²) in [4.78, 5) is 27.0. The lowest BCUT2D eigenvalue weighted by Crippen LogP contribution is -2.46. The maximum absolute atomic E-state index is 12.1. The van der Waals surface area contributed by atoms with Gasteiger partial charge in [-0.25, -0.2) is 0 Å². The molecule has 2 rings (SSSR count). The van der Waals surface area contributed by atoms with Gasteiger partial charge in [0.15, 0.2) is 0 Å². The average molecular weight is 228 g/mol. The van der Waals surface area contributed by atoms with Gasteiger partial charge in [-0.3, -0.25) is 9.59 Å². The molecule has 2 saturated heterocycles. The molecule has 0 aromatic rings. The molecule has 2 aliphatic rings. The van der Waals surface area contributed by atoms with Gasteiger partial charge in [0.05, 0.1) is 5.88 Å². The SMILES string of the molecule is CC(=O)N1CCCC1C(=O)N1CCSC1. The van der Waals surface area contributed by atoms with Gasteiger partial charge in [0.1, 0.15) is 6.04 Å². The number of carbonyl (C=O) groups is 2. The van der Waals surface area contributed by atoms with Gasteiger partial charge in [-0.1, -0.05) is 0 Å². The largest absolute Gasteiger partial charge is 0.331 e. The Kier molecular flexibility index (Phi) is 3.19. The van der Waals surface area contributed by atoms with E-state index in [1.807, 2.05) is 4.90 Å². The molecule has 2 amide bonds. The first-order chi connectivity index (χ1) is 7.20. The number of thioether (sulfide) groups is 1. The standard InChI is InChI=1S/C10H16N2O2S/c1-8(13)12-4-2-3-9(12)10(14)11-5-6-15-7-11/h9H,2-7H2,1H3. The molecule has 0 N–H and O–H groups in total. The first-order valence-corrected chi connectivity index (χ1v) is 6.49. The predicted octanol–water partition coefficient (Wildman–Crippen LogP) is 0.530. The second-order valence-electron chi connectivity index (χ2n) is 4.01. The molecule has 84 valence electrons. The lowest BCUT2D eigenvalue weighted by atomic mass is 10.2. The summed E-state index contributed by atoms with van der Waals surface area (Å²) in [5, 5.41) is 0. The Morgan fingerprint density at radius 2 is 2.13 bits per heavy atom. The highest BCUT2D eigenvalue weighted by Crippen LogP contribution is 2.22. The highest BCUT2D eigenvalue weighted by Gasteiger charge is 2.35. The summed E-state index contributed by atoms with van der Waals surface area (Å²) < 4.78 is 0. The minimum Gasteiger partial charge on any atom is -0.331 e. The average Bonchev–Trinajstić information content (AvgIpc) is 2.88. The molecule has 4 nitrogen and oxygen atoms in total. The van der Waals surface area contributed by atoms with Gasteiger partial charge in [-0.15, -0.1) is 11.8 Å². The number of amides is 2. The Bertz CT molecular complexity index is 277. The highest BCUT2D eigenvalue weighted by atomic mass is 32.2. The Morgan fingerprint density at radius 3 is 2.73 bits per heavy atom. The Balaban J connectivity index is 2.02. The van der Waals surface area contributed by atoms with E-state index in [0.717, 1.165) is 37.6 Å². The molecule has 0 saturated carbocycles. The maximum atomic E-state index is 12.1. The molecule has 2 aliphatic heterocycles. The third-order valence-electron chi connectivity index (χ3n) is 3.01. The highest BCUT2D eigenvalue weighted by molar-refractivity contribution is 7.99. The van der Waals surface area contributed by atoms with Crippen LogP contribution in [0.5, 0.6) is 0 Å². The fourth-order valence-electron chi connectivity index (χ4n) is 2.20. The molecule has 0 aliphatic carbocycles. The second-order valence-corrected chi connectivity index (χ2v) is 5.08. The summed E-state index contributed by atoms with van der Waals surface area (Å²) in [5.74, 6) is 1.99. The van der Waals surface area contributed by atoms with Crippen molar-refractivity contribution >= 4 is 23.6 Å². The van der Waals surface area contributed by atoms with Gasteiger partial charge in [0.2, 0.25) is 11.8 Å². The molecule has 2 heterocycles. The van der Waals surface area contributed by atoms with Crippen LogP contribution in [-0.4, -0.2) is 52.4 Å². The number of hydrogen-bond donors (Lipinski definition) is 0. The van der Waals surface area contributed by atoms with Crippen molar-refractivity contribution in [2.24, 2.45) is 0 Å². The Labute approximate surface area is 94.0 Å². The summed E-state index contributed by atoms with van der Waals surface area (Å²) in [7, 11) is 0. The molecule has 2 fully saturated rings. The van der Waals surface area contributed by atoms with Gasteiger partial charge in [0, 0.05) is 25.8 Å². The van der Waals surface area contributed by atoms with Gasteiger partial charge >= 0.3 is 0 Å². The van der Waals surface area contributed by atoms with Gasteiger partial charge < -0.3 is 9.80 Å². The van der Waals surface area contributed by atoms with Crippen molar-refractivity contribution in [2.45, 2.75) is 25.8 Å². The van der Waals surface area contributed by atoms with E-state index in [1.165, 1.54) is 0 Å². The number of hydrogen-bond acceptors (Lipinski definition) is 3. The van der Waals surface area contributed by atoms with E-state index in [4.69, 9.17) is 0 Å². The van der Waals surface area contributed by atoms with E-state index in [0.29, 0.717) is 0 Å². The number of rotatable bonds is 1. The zero-order chi connectivity index (χ0) is 10.8. The first kappa shape index (κ1) is 10.8. The van der Waals surface area contributed by atoms with E-state index >= 15 is 0 Å². The summed E-state index contributed by atoms with van der Waals surface area (Å²) in [6.45, 7) is 3.13. The van der Waals surface area contributed by atoms with Crippen molar-refractivity contribution in [1.82, 2.24) is 9.80 Å². The zero-order valence-electron chi connectivity index (χ0n) is 8.94. The summed E-state index contributed by atoms with van der Waals surface area (Å²) >= 11 is 1.78. The Hall–Kier alpha value is -0.710. The molecule has 1 atom stereocenters. The minimum absolute atomic E-state index is 0.0256. The van der Waals surface area contributed by atoms with Crippen LogP contribution in [0.1, 0.15) is 19.8 Å². The molecule has 0 aromatic heterocycles. The van der Waals surface area contributed by atoms with Crippen LogP contribution in [-0.2, 0) is 9.59 Å².